The minimum atomic E-state index is -0.309. The molecule has 0 unspecified atom stereocenters. The second kappa shape index (κ2) is 7.49. The van der Waals surface area contributed by atoms with Crippen molar-refractivity contribution in [3.63, 3.8) is 0 Å². The molecule has 1 aromatic heterocycles. The predicted octanol–water partition coefficient (Wildman–Crippen LogP) is 3.61. The van der Waals surface area contributed by atoms with Gasteiger partial charge in [-0.1, -0.05) is 29.8 Å². The summed E-state index contributed by atoms with van der Waals surface area (Å²) in [5.74, 6) is 0.629. The van der Waals surface area contributed by atoms with Gasteiger partial charge in [-0.05, 0) is 24.3 Å². The standard InChI is InChI=1S/C19H18ClN3O3/c1-23-14-7-5-4-6-12(14)10-15(23)19(24)22-21-11-13-8-9-16(25-2)18(26-3)17(13)20/h4-11H,1-3H3,(H,22,24)/b21-11+. The minimum absolute atomic E-state index is 0.309. The molecule has 1 heterocycles. The maximum absolute atomic E-state index is 12.4. The van der Waals surface area contributed by atoms with E-state index in [2.05, 4.69) is 10.5 Å². The number of nitrogens with zero attached hydrogens (tertiary/aromatic N) is 2. The Morgan fingerprint density at radius 3 is 2.65 bits per heavy atom. The molecule has 0 bridgehead atoms. The lowest BCUT2D eigenvalue weighted by atomic mass is 10.2. The van der Waals surface area contributed by atoms with E-state index in [9.17, 15) is 4.79 Å². The molecule has 0 atom stereocenters. The van der Waals surface area contributed by atoms with Crippen LogP contribution in [0.3, 0.4) is 0 Å². The molecule has 0 fully saturated rings. The van der Waals surface area contributed by atoms with E-state index in [4.69, 9.17) is 21.1 Å². The molecule has 6 nitrogen and oxygen atoms in total. The molecule has 3 rings (SSSR count). The van der Waals surface area contributed by atoms with Gasteiger partial charge in [-0.25, -0.2) is 5.43 Å². The highest BCUT2D eigenvalue weighted by Gasteiger charge is 2.14. The Morgan fingerprint density at radius 1 is 1.19 bits per heavy atom. The number of aryl methyl sites for hydroxylation is 1. The molecule has 0 aliphatic carbocycles. The molecule has 7 heteroatoms. The Morgan fingerprint density at radius 2 is 1.96 bits per heavy atom. The number of hydrogen-bond acceptors (Lipinski definition) is 4. The molecule has 0 aliphatic heterocycles. The second-order valence-electron chi connectivity index (χ2n) is 5.55. The van der Waals surface area contributed by atoms with Crippen LogP contribution in [0.5, 0.6) is 11.5 Å². The number of carbonyl (C=O) groups excluding carboxylic acids is 1. The van der Waals surface area contributed by atoms with Gasteiger partial charge in [0, 0.05) is 23.5 Å². The first kappa shape index (κ1) is 17.8. The van der Waals surface area contributed by atoms with Crippen LogP contribution in [0.2, 0.25) is 5.02 Å². The Hall–Kier alpha value is -2.99. The van der Waals surface area contributed by atoms with Gasteiger partial charge in [0.2, 0.25) is 0 Å². The van der Waals surface area contributed by atoms with Gasteiger partial charge in [0.15, 0.2) is 11.5 Å². The van der Waals surface area contributed by atoms with Crippen LogP contribution >= 0.6 is 11.6 Å². The number of ether oxygens (including phenoxy) is 2. The van der Waals surface area contributed by atoms with Crippen molar-refractivity contribution < 1.29 is 14.3 Å². The first-order valence-electron chi connectivity index (χ1n) is 7.85. The number of amides is 1. The van der Waals surface area contributed by atoms with E-state index in [0.717, 1.165) is 10.9 Å². The van der Waals surface area contributed by atoms with Crippen molar-refractivity contribution in [1.82, 2.24) is 9.99 Å². The summed E-state index contributed by atoms with van der Waals surface area (Å²) in [5, 5.41) is 5.35. The van der Waals surface area contributed by atoms with Gasteiger partial charge in [0.1, 0.15) is 5.69 Å². The summed E-state index contributed by atoms with van der Waals surface area (Å²) in [6.07, 6.45) is 1.46. The molecule has 0 aliphatic rings. The summed E-state index contributed by atoms with van der Waals surface area (Å²) in [4.78, 5) is 12.4. The highest BCUT2D eigenvalue weighted by Crippen LogP contribution is 2.36. The lowest BCUT2D eigenvalue weighted by Gasteiger charge is -2.10. The molecule has 1 N–H and O–H groups in total. The number of benzene rings is 2. The molecule has 26 heavy (non-hydrogen) atoms. The number of para-hydroxylation sites is 1. The van der Waals surface area contributed by atoms with E-state index in [1.807, 2.05) is 41.9 Å². The van der Waals surface area contributed by atoms with Crippen molar-refractivity contribution in [2.75, 3.05) is 14.2 Å². The first-order valence-corrected chi connectivity index (χ1v) is 8.23. The van der Waals surface area contributed by atoms with Crippen LogP contribution in [0.4, 0.5) is 0 Å². The average Bonchev–Trinajstić information content (AvgIpc) is 3.00. The van der Waals surface area contributed by atoms with Crippen molar-refractivity contribution in [3.8, 4) is 11.5 Å². The van der Waals surface area contributed by atoms with Gasteiger partial charge in [-0.2, -0.15) is 5.10 Å². The van der Waals surface area contributed by atoms with Crippen molar-refractivity contribution in [3.05, 3.63) is 58.7 Å². The zero-order valence-electron chi connectivity index (χ0n) is 14.6. The largest absolute Gasteiger partial charge is 0.493 e. The zero-order valence-corrected chi connectivity index (χ0v) is 15.4. The second-order valence-corrected chi connectivity index (χ2v) is 5.93. The van der Waals surface area contributed by atoms with Gasteiger partial charge < -0.3 is 14.0 Å². The molecule has 0 saturated heterocycles. The summed E-state index contributed by atoms with van der Waals surface area (Å²) in [6.45, 7) is 0. The molecule has 0 radical (unpaired) electrons. The van der Waals surface area contributed by atoms with Crippen LogP contribution in [0, 0.1) is 0 Å². The third kappa shape index (κ3) is 3.23. The van der Waals surface area contributed by atoms with Crippen LogP contribution in [0.1, 0.15) is 16.1 Å². The lowest BCUT2D eigenvalue weighted by molar-refractivity contribution is 0.0947. The number of carbonyl (C=O) groups is 1. The van der Waals surface area contributed by atoms with Crippen molar-refractivity contribution in [2.24, 2.45) is 12.1 Å². The van der Waals surface area contributed by atoms with Crippen LogP contribution in [-0.2, 0) is 7.05 Å². The fraction of sp³-hybridized carbons (Fsp3) is 0.158. The zero-order chi connectivity index (χ0) is 18.7. The summed E-state index contributed by atoms with van der Waals surface area (Å²) in [7, 11) is 4.88. The fourth-order valence-electron chi connectivity index (χ4n) is 2.73. The highest BCUT2D eigenvalue weighted by atomic mass is 35.5. The van der Waals surface area contributed by atoms with E-state index >= 15 is 0 Å². The van der Waals surface area contributed by atoms with E-state index in [-0.39, 0.29) is 5.91 Å². The summed E-state index contributed by atoms with van der Waals surface area (Å²) in [6, 6.07) is 13.1. The molecule has 3 aromatic rings. The van der Waals surface area contributed by atoms with Crippen molar-refractivity contribution in [1.29, 1.82) is 0 Å². The van der Waals surface area contributed by atoms with Gasteiger partial charge in [0.05, 0.1) is 25.5 Å². The maximum Gasteiger partial charge on any atom is 0.287 e. The molecule has 0 saturated carbocycles. The SMILES string of the molecule is COc1ccc(/C=N/NC(=O)c2cc3ccccc3n2C)c(Cl)c1OC. The van der Waals surface area contributed by atoms with E-state index < -0.39 is 0 Å². The molecule has 0 spiro atoms. The van der Waals surface area contributed by atoms with Crippen LogP contribution in [-0.4, -0.2) is 30.9 Å². The Kier molecular flexibility index (Phi) is 5.14. The number of fused-ring (bicyclic) bond motifs is 1. The van der Waals surface area contributed by atoms with Crippen molar-refractivity contribution in [2.45, 2.75) is 0 Å². The van der Waals surface area contributed by atoms with E-state index in [1.54, 1.807) is 12.1 Å². The predicted molar refractivity (Wildman–Crippen MR) is 103 cm³/mol. The maximum atomic E-state index is 12.4. The van der Waals surface area contributed by atoms with Gasteiger partial charge in [-0.15, -0.1) is 0 Å². The van der Waals surface area contributed by atoms with E-state index in [0.29, 0.717) is 27.8 Å². The number of rotatable bonds is 5. The molecule has 2 aromatic carbocycles. The van der Waals surface area contributed by atoms with Gasteiger partial charge in [-0.3, -0.25) is 4.79 Å². The quantitative estimate of drug-likeness (QED) is 0.550. The number of hydrazone groups is 1. The lowest BCUT2D eigenvalue weighted by Crippen LogP contribution is -2.20. The molecule has 1 amide bonds. The molecule has 134 valence electrons. The van der Waals surface area contributed by atoms with Gasteiger partial charge in [0.25, 0.3) is 5.91 Å². The number of methoxy groups -OCH3 is 2. The summed E-state index contributed by atoms with van der Waals surface area (Å²) < 4.78 is 12.3. The first-order chi connectivity index (χ1) is 12.6. The van der Waals surface area contributed by atoms with Crippen LogP contribution in [0.15, 0.2) is 47.6 Å². The topological polar surface area (TPSA) is 64.8 Å². The normalized spacial score (nSPS) is 11.1. The molecular weight excluding hydrogens is 354 g/mol. The number of nitrogens with one attached hydrogen (secondary N) is 1. The molecular formula is C19H18ClN3O3. The van der Waals surface area contributed by atoms with Gasteiger partial charge >= 0.3 is 0 Å². The Labute approximate surface area is 156 Å². The monoisotopic (exact) mass is 371 g/mol. The number of halogens is 1. The number of aromatic nitrogens is 1. The van der Waals surface area contributed by atoms with E-state index in [1.165, 1.54) is 20.4 Å². The highest BCUT2D eigenvalue weighted by molar-refractivity contribution is 6.34. The Bertz CT molecular complexity index is 995. The summed E-state index contributed by atoms with van der Waals surface area (Å²) >= 11 is 6.29. The fourth-order valence-corrected chi connectivity index (χ4v) is 3.01. The number of hydrogen-bond donors (Lipinski definition) is 1. The Balaban J connectivity index is 1.80. The summed E-state index contributed by atoms with van der Waals surface area (Å²) in [5.41, 5.74) is 4.61. The third-order valence-electron chi connectivity index (χ3n) is 4.07. The average molecular weight is 372 g/mol. The van der Waals surface area contributed by atoms with Crippen molar-refractivity contribution >= 4 is 34.6 Å². The van der Waals surface area contributed by atoms with Crippen LogP contribution < -0.4 is 14.9 Å². The van der Waals surface area contributed by atoms with Crippen LogP contribution in [0.25, 0.3) is 10.9 Å². The smallest absolute Gasteiger partial charge is 0.287 e. The third-order valence-corrected chi connectivity index (χ3v) is 4.46. The minimum Gasteiger partial charge on any atom is -0.493 e.